The topological polar surface area (TPSA) is 73.8 Å². The summed E-state index contributed by atoms with van der Waals surface area (Å²) in [5.74, 6) is -0.309. The molecule has 0 saturated heterocycles. The summed E-state index contributed by atoms with van der Waals surface area (Å²) in [7, 11) is 1.70. The van der Waals surface area contributed by atoms with E-state index in [2.05, 4.69) is 10.6 Å². The highest BCUT2D eigenvalue weighted by atomic mass is 16.2. The van der Waals surface area contributed by atoms with Crippen molar-refractivity contribution in [2.24, 2.45) is 4.99 Å². The maximum atomic E-state index is 13.3. The van der Waals surface area contributed by atoms with Crippen LogP contribution in [-0.2, 0) is 4.79 Å². The van der Waals surface area contributed by atoms with Crippen molar-refractivity contribution < 1.29 is 9.59 Å². The molecule has 0 fully saturated rings. The molecule has 5 rings (SSSR count). The predicted molar refractivity (Wildman–Crippen MR) is 140 cm³/mol. The number of benzodiazepines with no additional fused rings is 1. The maximum Gasteiger partial charge on any atom is 0.317 e. The lowest BCUT2D eigenvalue weighted by atomic mass is 10.00. The third-order valence-electron chi connectivity index (χ3n) is 6.30. The molecular weight excluding hydrogens is 436 g/mol. The largest absolute Gasteiger partial charge is 0.332 e. The molecule has 1 aliphatic heterocycles. The lowest BCUT2D eigenvalue weighted by Gasteiger charge is -2.22. The standard InChI is InChI=1S/C29H26N4O2/c1-19(22-17-10-14-20-11-6-7-15-23(20)22)30-29(35)32-27-28(34)33(2)25-18-9-8-16-24(25)26(31-27)21-12-4-3-5-13-21/h3-19,27H,1-2H3,(H2,30,32,35). The first-order valence-electron chi connectivity index (χ1n) is 11.6. The SMILES string of the molecule is CC(NC(=O)NC1N=C(c2ccccc2)c2ccccc2N(C)C1=O)c1cccc2ccccc12. The number of likely N-dealkylation sites (N-methyl/N-ethyl adjacent to an activating group) is 1. The molecule has 0 saturated carbocycles. The highest BCUT2D eigenvalue weighted by Gasteiger charge is 2.31. The van der Waals surface area contributed by atoms with Gasteiger partial charge >= 0.3 is 6.03 Å². The van der Waals surface area contributed by atoms with Gasteiger partial charge in [0.2, 0.25) is 6.17 Å². The zero-order valence-electron chi connectivity index (χ0n) is 19.6. The van der Waals surface area contributed by atoms with Gasteiger partial charge in [-0.15, -0.1) is 0 Å². The highest BCUT2D eigenvalue weighted by molar-refractivity contribution is 6.20. The Morgan fingerprint density at radius 2 is 1.57 bits per heavy atom. The van der Waals surface area contributed by atoms with Crippen molar-refractivity contribution in [3.05, 3.63) is 114 Å². The van der Waals surface area contributed by atoms with E-state index < -0.39 is 12.2 Å². The summed E-state index contributed by atoms with van der Waals surface area (Å²) in [6.45, 7) is 1.93. The average molecular weight is 463 g/mol. The van der Waals surface area contributed by atoms with Gasteiger partial charge in [-0.2, -0.15) is 0 Å². The molecule has 0 bridgehead atoms. The van der Waals surface area contributed by atoms with Crippen molar-refractivity contribution in [1.82, 2.24) is 10.6 Å². The summed E-state index contributed by atoms with van der Waals surface area (Å²) in [6, 6.07) is 30.7. The second-order valence-corrected chi connectivity index (χ2v) is 8.57. The molecule has 1 aliphatic rings. The van der Waals surface area contributed by atoms with Crippen LogP contribution in [0.3, 0.4) is 0 Å². The molecule has 2 N–H and O–H groups in total. The van der Waals surface area contributed by atoms with Crippen LogP contribution in [0, 0.1) is 0 Å². The van der Waals surface area contributed by atoms with Gasteiger partial charge in [-0.05, 0) is 29.3 Å². The van der Waals surface area contributed by atoms with E-state index in [9.17, 15) is 9.59 Å². The van der Waals surface area contributed by atoms with E-state index >= 15 is 0 Å². The molecule has 0 aromatic heterocycles. The third kappa shape index (κ3) is 4.38. The number of para-hydroxylation sites is 1. The van der Waals surface area contributed by atoms with Crippen LogP contribution in [-0.4, -0.2) is 30.9 Å². The van der Waals surface area contributed by atoms with E-state index in [1.807, 2.05) is 104 Å². The van der Waals surface area contributed by atoms with Crippen molar-refractivity contribution >= 4 is 34.1 Å². The summed E-state index contributed by atoms with van der Waals surface area (Å²) in [5.41, 5.74) is 4.12. The molecule has 174 valence electrons. The zero-order chi connectivity index (χ0) is 24.4. The highest BCUT2D eigenvalue weighted by Crippen LogP contribution is 2.27. The van der Waals surface area contributed by atoms with Crippen molar-refractivity contribution in [3.63, 3.8) is 0 Å². The quantitative estimate of drug-likeness (QED) is 0.446. The molecule has 2 atom stereocenters. The summed E-state index contributed by atoms with van der Waals surface area (Å²) in [6.07, 6.45) is -1.07. The minimum absolute atomic E-state index is 0.269. The molecular formula is C29H26N4O2. The van der Waals surface area contributed by atoms with Gasteiger partial charge in [0.25, 0.3) is 5.91 Å². The Bertz CT molecular complexity index is 1430. The molecule has 3 amide bonds. The van der Waals surface area contributed by atoms with Crippen LogP contribution >= 0.6 is 0 Å². The Labute approximate surface area is 204 Å². The van der Waals surface area contributed by atoms with Gasteiger partial charge in [0.05, 0.1) is 17.4 Å². The Balaban J connectivity index is 1.44. The predicted octanol–water partition coefficient (Wildman–Crippen LogP) is 5.04. The number of nitrogens with zero attached hydrogens (tertiary/aromatic N) is 2. The minimum Gasteiger partial charge on any atom is -0.332 e. The summed E-state index contributed by atoms with van der Waals surface area (Å²) < 4.78 is 0. The molecule has 0 radical (unpaired) electrons. The number of anilines is 1. The van der Waals surface area contributed by atoms with Crippen LogP contribution in [0.1, 0.15) is 29.7 Å². The smallest absolute Gasteiger partial charge is 0.317 e. The zero-order valence-corrected chi connectivity index (χ0v) is 19.6. The summed E-state index contributed by atoms with van der Waals surface area (Å²) >= 11 is 0. The van der Waals surface area contributed by atoms with Gasteiger partial charge < -0.3 is 15.5 Å². The van der Waals surface area contributed by atoms with Crippen LogP contribution in [0.4, 0.5) is 10.5 Å². The molecule has 6 nitrogen and oxygen atoms in total. The van der Waals surface area contributed by atoms with Crippen molar-refractivity contribution in [2.45, 2.75) is 19.1 Å². The first kappa shape index (κ1) is 22.3. The first-order valence-corrected chi connectivity index (χ1v) is 11.6. The van der Waals surface area contributed by atoms with Gasteiger partial charge in [-0.25, -0.2) is 9.79 Å². The van der Waals surface area contributed by atoms with E-state index in [1.165, 1.54) is 0 Å². The summed E-state index contributed by atoms with van der Waals surface area (Å²) in [4.78, 5) is 32.7. The van der Waals surface area contributed by atoms with Gasteiger partial charge in [0.15, 0.2) is 0 Å². The fourth-order valence-electron chi connectivity index (χ4n) is 4.51. The lowest BCUT2D eigenvalue weighted by Crippen LogP contribution is -2.49. The fraction of sp³-hybridized carbons (Fsp3) is 0.138. The lowest BCUT2D eigenvalue weighted by molar-refractivity contribution is -0.119. The van der Waals surface area contributed by atoms with Crippen LogP contribution < -0.4 is 15.5 Å². The monoisotopic (exact) mass is 462 g/mol. The number of benzene rings is 4. The Morgan fingerprint density at radius 1 is 0.886 bits per heavy atom. The summed E-state index contributed by atoms with van der Waals surface area (Å²) in [5, 5.41) is 7.95. The van der Waals surface area contributed by atoms with Gasteiger partial charge in [0, 0.05) is 18.2 Å². The van der Waals surface area contributed by atoms with E-state index in [0.717, 1.165) is 33.2 Å². The van der Waals surface area contributed by atoms with Crippen LogP contribution in [0.25, 0.3) is 10.8 Å². The first-order chi connectivity index (χ1) is 17.0. The van der Waals surface area contributed by atoms with Crippen molar-refractivity contribution in [1.29, 1.82) is 0 Å². The Hall–Kier alpha value is -4.45. The van der Waals surface area contributed by atoms with E-state index in [0.29, 0.717) is 5.71 Å². The number of fused-ring (bicyclic) bond motifs is 2. The van der Waals surface area contributed by atoms with Crippen LogP contribution in [0.15, 0.2) is 102 Å². The second kappa shape index (κ2) is 9.43. The minimum atomic E-state index is -1.07. The third-order valence-corrected chi connectivity index (χ3v) is 6.30. The van der Waals surface area contributed by atoms with Gasteiger partial charge in [-0.1, -0.05) is 91.0 Å². The number of aliphatic imine (C=N–C) groups is 1. The number of amides is 3. The molecule has 1 heterocycles. The fourth-order valence-corrected chi connectivity index (χ4v) is 4.51. The van der Waals surface area contributed by atoms with Gasteiger partial charge in [0.1, 0.15) is 0 Å². The number of nitrogens with one attached hydrogen (secondary N) is 2. The van der Waals surface area contributed by atoms with E-state index in [1.54, 1.807) is 11.9 Å². The van der Waals surface area contributed by atoms with Crippen molar-refractivity contribution in [2.75, 3.05) is 11.9 Å². The molecule has 0 aliphatic carbocycles. The van der Waals surface area contributed by atoms with Gasteiger partial charge in [-0.3, -0.25) is 4.79 Å². The number of hydrogen-bond donors (Lipinski definition) is 2. The average Bonchev–Trinajstić information content (AvgIpc) is 2.99. The Morgan fingerprint density at radius 3 is 2.40 bits per heavy atom. The van der Waals surface area contributed by atoms with E-state index in [4.69, 9.17) is 4.99 Å². The number of carbonyl (C=O) groups excluding carboxylic acids is 2. The molecule has 4 aromatic carbocycles. The van der Waals surface area contributed by atoms with Crippen LogP contribution in [0.5, 0.6) is 0 Å². The van der Waals surface area contributed by atoms with Crippen molar-refractivity contribution in [3.8, 4) is 0 Å². The number of rotatable bonds is 4. The molecule has 2 unspecified atom stereocenters. The normalized spacial score (nSPS) is 16.2. The van der Waals surface area contributed by atoms with E-state index in [-0.39, 0.29) is 11.9 Å². The number of carbonyl (C=O) groups is 2. The number of hydrogen-bond acceptors (Lipinski definition) is 3. The second-order valence-electron chi connectivity index (χ2n) is 8.57. The molecule has 35 heavy (non-hydrogen) atoms. The molecule has 6 heteroatoms. The Kier molecular flexibility index (Phi) is 6.02. The molecule has 0 spiro atoms. The molecule has 4 aromatic rings. The maximum absolute atomic E-state index is 13.3. The van der Waals surface area contributed by atoms with Crippen LogP contribution in [0.2, 0.25) is 0 Å². The number of urea groups is 1.